The first-order valence-electron chi connectivity index (χ1n) is 9.42. The van der Waals surface area contributed by atoms with E-state index in [0.717, 1.165) is 0 Å². The van der Waals surface area contributed by atoms with Crippen LogP contribution in [0.25, 0.3) is 0 Å². The number of methoxy groups -OCH3 is 1. The number of hydrazone groups is 1. The minimum absolute atomic E-state index is 0.00374. The molecule has 0 aliphatic rings. The van der Waals surface area contributed by atoms with Gasteiger partial charge in [-0.3, -0.25) is 4.79 Å². The van der Waals surface area contributed by atoms with E-state index in [1.807, 2.05) is 0 Å². The normalized spacial score (nSPS) is 10.8. The molecule has 1 aromatic heterocycles. The Morgan fingerprint density at radius 3 is 2.59 bits per heavy atom. The van der Waals surface area contributed by atoms with Crippen LogP contribution < -0.4 is 15.5 Å². The first-order valence-corrected chi connectivity index (χ1v) is 10.2. The maximum Gasteiger partial charge on any atom is 0.345 e. The lowest BCUT2D eigenvalue weighted by molar-refractivity contribution is 0.0527. The van der Waals surface area contributed by atoms with E-state index in [-0.39, 0.29) is 28.8 Å². The molecule has 0 fully saturated rings. The second kappa shape index (κ2) is 10.7. The molecule has 0 saturated carbocycles. The van der Waals surface area contributed by atoms with Gasteiger partial charge in [-0.2, -0.15) is 5.10 Å². The smallest absolute Gasteiger partial charge is 0.345 e. The number of nitrogens with one attached hydrogen (secondary N) is 2. The Kier molecular flexibility index (Phi) is 7.75. The molecule has 0 atom stereocenters. The lowest BCUT2D eigenvalue weighted by Gasteiger charge is -2.06. The number of furan rings is 1. The minimum atomic E-state index is -0.669. The fraction of sp³-hybridized carbons (Fsp3) is 0.136. The van der Waals surface area contributed by atoms with Gasteiger partial charge in [-0.05, 0) is 49.4 Å². The van der Waals surface area contributed by atoms with E-state index in [1.54, 1.807) is 55.5 Å². The van der Waals surface area contributed by atoms with Gasteiger partial charge in [0, 0.05) is 16.3 Å². The van der Waals surface area contributed by atoms with E-state index in [4.69, 9.17) is 37.1 Å². The fourth-order valence-electron chi connectivity index (χ4n) is 2.63. The summed E-state index contributed by atoms with van der Waals surface area (Å²) in [5.74, 6) is -0.480. The fourth-order valence-corrected chi connectivity index (χ4v) is 3.00. The molecule has 0 radical (unpaired) electrons. The molecule has 3 aromatic rings. The molecule has 0 aliphatic heterocycles. The van der Waals surface area contributed by atoms with Crippen LogP contribution in [-0.4, -0.2) is 31.8 Å². The lowest BCUT2D eigenvalue weighted by Crippen LogP contribution is -2.17. The molecule has 10 heteroatoms. The molecule has 32 heavy (non-hydrogen) atoms. The summed E-state index contributed by atoms with van der Waals surface area (Å²) in [6.45, 7) is 1.83. The number of anilines is 2. The number of nitrogens with zero attached hydrogens (tertiary/aromatic N) is 1. The third-order valence-corrected chi connectivity index (χ3v) is 4.76. The molecule has 0 spiro atoms. The van der Waals surface area contributed by atoms with E-state index in [0.29, 0.717) is 22.0 Å². The Labute approximate surface area is 194 Å². The summed E-state index contributed by atoms with van der Waals surface area (Å²) in [6.07, 6.45) is 1.19. The molecular formula is C22H19Cl2N3O5. The quantitative estimate of drug-likeness (QED) is 0.261. The van der Waals surface area contributed by atoms with Gasteiger partial charge in [-0.15, -0.1) is 0 Å². The van der Waals surface area contributed by atoms with Gasteiger partial charge in [0.15, 0.2) is 5.76 Å². The van der Waals surface area contributed by atoms with Crippen LogP contribution in [0.5, 0.6) is 5.75 Å². The molecule has 2 aromatic carbocycles. The van der Waals surface area contributed by atoms with Crippen LogP contribution in [-0.2, 0) is 4.74 Å². The van der Waals surface area contributed by atoms with Crippen molar-refractivity contribution in [2.75, 3.05) is 19.0 Å². The highest BCUT2D eigenvalue weighted by molar-refractivity contribution is 6.36. The predicted molar refractivity (Wildman–Crippen MR) is 122 cm³/mol. The topological polar surface area (TPSA) is 102 Å². The Morgan fingerprint density at radius 1 is 1.16 bits per heavy atom. The van der Waals surface area contributed by atoms with Gasteiger partial charge in [0.1, 0.15) is 16.3 Å². The monoisotopic (exact) mass is 475 g/mol. The first-order chi connectivity index (χ1) is 15.4. The second-order valence-corrected chi connectivity index (χ2v) is 7.08. The molecule has 0 unspecified atom stereocenters. The summed E-state index contributed by atoms with van der Waals surface area (Å²) in [5.41, 5.74) is 3.34. The number of halogens is 2. The number of ether oxygens (including phenoxy) is 2. The van der Waals surface area contributed by atoms with Crippen LogP contribution in [0.2, 0.25) is 10.0 Å². The highest BCUT2D eigenvalue weighted by Gasteiger charge is 2.25. The molecule has 0 aliphatic carbocycles. The van der Waals surface area contributed by atoms with Crippen molar-refractivity contribution in [1.29, 1.82) is 0 Å². The Bertz CT molecular complexity index is 1140. The zero-order valence-corrected chi connectivity index (χ0v) is 18.7. The van der Waals surface area contributed by atoms with Crippen molar-refractivity contribution >= 4 is 52.9 Å². The third kappa shape index (κ3) is 5.60. The summed E-state index contributed by atoms with van der Waals surface area (Å²) in [4.78, 5) is 24.7. The van der Waals surface area contributed by atoms with Crippen LogP contribution >= 0.6 is 23.2 Å². The average Bonchev–Trinajstić information content (AvgIpc) is 3.10. The Balaban J connectivity index is 1.83. The molecular weight excluding hydrogens is 457 g/mol. The summed E-state index contributed by atoms with van der Waals surface area (Å²) in [6, 6.07) is 13.3. The van der Waals surface area contributed by atoms with Gasteiger partial charge in [0.25, 0.3) is 5.91 Å². The van der Waals surface area contributed by atoms with Gasteiger partial charge < -0.3 is 19.2 Å². The van der Waals surface area contributed by atoms with E-state index in [2.05, 4.69) is 15.8 Å². The van der Waals surface area contributed by atoms with Gasteiger partial charge >= 0.3 is 5.97 Å². The number of hydrogen-bond donors (Lipinski definition) is 2. The van der Waals surface area contributed by atoms with Crippen molar-refractivity contribution in [1.82, 2.24) is 5.43 Å². The highest BCUT2D eigenvalue weighted by Crippen LogP contribution is 2.34. The summed E-state index contributed by atoms with van der Waals surface area (Å²) < 4.78 is 15.8. The van der Waals surface area contributed by atoms with Crippen molar-refractivity contribution in [2.45, 2.75) is 6.92 Å². The van der Waals surface area contributed by atoms with E-state index in [1.165, 1.54) is 13.3 Å². The number of esters is 1. The summed E-state index contributed by atoms with van der Waals surface area (Å²) >= 11 is 12.3. The number of benzene rings is 2. The summed E-state index contributed by atoms with van der Waals surface area (Å²) in [5, 5.41) is 7.38. The Hall–Kier alpha value is -3.49. The van der Waals surface area contributed by atoms with Gasteiger partial charge in [-0.1, -0.05) is 29.3 Å². The SMILES string of the molecule is CCOC(=O)c1c(Nc2ccc(Cl)cc2)oc(/C=N\NC(=O)c2cccc(OC)c2)c1Cl. The second-order valence-electron chi connectivity index (χ2n) is 6.27. The molecule has 8 nitrogen and oxygen atoms in total. The van der Waals surface area contributed by atoms with Crippen molar-refractivity contribution in [2.24, 2.45) is 5.10 Å². The van der Waals surface area contributed by atoms with E-state index < -0.39 is 11.9 Å². The lowest BCUT2D eigenvalue weighted by atomic mass is 10.2. The standard InChI is InChI=1S/C22H19Cl2N3O5/c1-3-31-22(29)18-19(24)17(32-21(18)26-15-9-7-14(23)8-10-15)12-25-27-20(28)13-5-4-6-16(11-13)30-2/h4-12,26H,3H2,1-2H3,(H,27,28)/b25-12-. The van der Waals surface area contributed by atoms with Crippen LogP contribution in [0, 0.1) is 0 Å². The number of rotatable bonds is 8. The zero-order chi connectivity index (χ0) is 23.1. The average molecular weight is 476 g/mol. The van der Waals surface area contributed by atoms with E-state index >= 15 is 0 Å². The first kappa shape index (κ1) is 23.2. The van der Waals surface area contributed by atoms with Crippen LogP contribution in [0.15, 0.2) is 58.0 Å². The van der Waals surface area contributed by atoms with Crippen molar-refractivity contribution in [3.05, 3.63) is 75.5 Å². The van der Waals surface area contributed by atoms with Crippen LogP contribution in [0.1, 0.15) is 33.4 Å². The molecule has 1 amide bonds. The Morgan fingerprint density at radius 2 is 1.91 bits per heavy atom. The van der Waals surface area contributed by atoms with Crippen molar-refractivity contribution in [3.63, 3.8) is 0 Å². The van der Waals surface area contributed by atoms with Crippen molar-refractivity contribution < 1.29 is 23.5 Å². The van der Waals surface area contributed by atoms with Crippen LogP contribution in [0.4, 0.5) is 11.6 Å². The summed E-state index contributed by atoms with van der Waals surface area (Å²) in [7, 11) is 1.50. The number of carbonyl (C=O) groups excluding carboxylic acids is 2. The minimum Gasteiger partial charge on any atom is -0.497 e. The van der Waals surface area contributed by atoms with Gasteiger partial charge in [0.2, 0.25) is 5.88 Å². The molecule has 3 rings (SSSR count). The highest BCUT2D eigenvalue weighted by atomic mass is 35.5. The maximum atomic E-state index is 12.4. The van der Waals surface area contributed by atoms with Gasteiger partial charge in [0.05, 0.1) is 19.9 Å². The molecule has 166 valence electrons. The number of carbonyl (C=O) groups is 2. The molecule has 2 N–H and O–H groups in total. The van der Waals surface area contributed by atoms with Gasteiger partial charge in [-0.25, -0.2) is 10.2 Å². The van der Waals surface area contributed by atoms with Crippen LogP contribution in [0.3, 0.4) is 0 Å². The van der Waals surface area contributed by atoms with Crippen molar-refractivity contribution in [3.8, 4) is 5.75 Å². The zero-order valence-electron chi connectivity index (χ0n) is 17.1. The largest absolute Gasteiger partial charge is 0.497 e. The molecule has 0 saturated heterocycles. The number of amides is 1. The van der Waals surface area contributed by atoms with E-state index in [9.17, 15) is 9.59 Å². The predicted octanol–water partition coefficient (Wildman–Crippen LogP) is 5.28. The maximum absolute atomic E-state index is 12.4. The molecule has 0 bridgehead atoms. The number of hydrogen-bond acceptors (Lipinski definition) is 7. The third-order valence-electron chi connectivity index (χ3n) is 4.14. The molecule has 1 heterocycles.